The maximum Gasteiger partial charge on any atom is 0.127 e. The van der Waals surface area contributed by atoms with E-state index in [-0.39, 0.29) is 10.6 Å². The molecule has 2 aromatic rings. The number of hydrogen-bond acceptors (Lipinski definition) is 0. The van der Waals surface area contributed by atoms with Crippen molar-refractivity contribution in [2.75, 3.05) is 0 Å². The molecule has 18 heavy (non-hydrogen) atoms. The summed E-state index contributed by atoms with van der Waals surface area (Å²) in [5.74, 6) is -0.169. The van der Waals surface area contributed by atoms with Crippen LogP contribution in [0, 0.1) is 5.82 Å². The highest BCUT2D eigenvalue weighted by atomic mass is 79.9. The number of rotatable bonds is 4. The fraction of sp³-hybridized carbons (Fsp3) is 0.250. The van der Waals surface area contributed by atoms with Gasteiger partial charge in [0.1, 0.15) is 5.82 Å². The number of halogens is 2. The zero-order chi connectivity index (χ0) is 13.0. The van der Waals surface area contributed by atoms with Crippen molar-refractivity contribution in [3.05, 3.63) is 71.0 Å². The van der Waals surface area contributed by atoms with Crippen LogP contribution in [0.5, 0.6) is 0 Å². The van der Waals surface area contributed by atoms with Gasteiger partial charge < -0.3 is 0 Å². The number of alkyl halides is 1. The summed E-state index contributed by atoms with van der Waals surface area (Å²) in [6, 6.07) is 15.3. The quantitative estimate of drug-likeness (QED) is 0.676. The fourth-order valence-corrected chi connectivity index (χ4v) is 2.68. The van der Waals surface area contributed by atoms with Crippen LogP contribution in [0.3, 0.4) is 0 Å². The highest BCUT2D eigenvalue weighted by Gasteiger charge is 2.13. The molecule has 0 N–H and O–H groups in total. The van der Waals surface area contributed by atoms with Gasteiger partial charge in [-0.25, -0.2) is 4.39 Å². The minimum Gasteiger partial charge on any atom is -0.207 e. The lowest BCUT2D eigenvalue weighted by Crippen LogP contribution is -1.96. The Bertz CT molecular complexity index is 505. The molecule has 0 aromatic heterocycles. The molecule has 0 radical (unpaired) electrons. The molecule has 2 heteroatoms. The van der Waals surface area contributed by atoms with Crippen LogP contribution in [-0.2, 0) is 6.42 Å². The van der Waals surface area contributed by atoms with E-state index in [1.807, 2.05) is 12.1 Å². The summed E-state index contributed by atoms with van der Waals surface area (Å²) in [7, 11) is 0. The third kappa shape index (κ3) is 2.99. The van der Waals surface area contributed by atoms with Crippen LogP contribution in [0.4, 0.5) is 4.39 Å². The summed E-state index contributed by atoms with van der Waals surface area (Å²) in [5, 5.41) is 0. The van der Waals surface area contributed by atoms with Crippen molar-refractivity contribution in [2.24, 2.45) is 0 Å². The number of aryl methyl sites for hydroxylation is 1. The molecule has 0 aliphatic rings. The van der Waals surface area contributed by atoms with Gasteiger partial charge in [0.05, 0.1) is 4.83 Å². The monoisotopic (exact) mass is 306 g/mol. The maximum absolute atomic E-state index is 13.7. The van der Waals surface area contributed by atoms with Crippen molar-refractivity contribution in [2.45, 2.75) is 24.6 Å². The van der Waals surface area contributed by atoms with Gasteiger partial charge in [0.25, 0.3) is 0 Å². The standard InChI is InChI=1S/C16H16BrF/c1-2-5-12-8-10-13(11-9-12)16(17)14-6-3-4-7-15(14)18/h3-4,6-11,16H,2,5H2,1H3. The van der Waals surface area contributed by atoms with Crippen molar-refractivity contribution in [3.8, 4) is 0 Å². The van der Waals surface area contributed by atoms with Crippen LogP contribution in [0.2, 0.25) is 0 Å². The molecule has 1 unspecified atom stereocenters. The van der Waals surface area contributed by atoms with Crippen LogP contribution in [0.1, 0.15) is 34.9 Å². The van der Waals surface area contributed by atoms with Gasteiger partial charge in [-0.05, 0) is 23.6 Å². The molecule has 1 atom stereocenters. The molecule has 0 saturated carbocycles. The molecular weight excluding hydrogens is 291 g/mol. The fourth-order valence-electron chi connectivity index (χ4n) is 2.00. The van der Waals surface area contributed by atoms with E-state index >= 15 is 0 Å². The molecule has 0 saturated heterocycles. The van der Waals surface area contributed by atoms with Crippen molar-refractivity contribution >= 4 is 15.9 Å². The zero-order valence-electron chi connectivity index (χ0n) is 10.4. The molecule has 0 aliphatic carbocycles. The lowest BCUT2D eigenvalue weighted by Gasteiger charge is -2.12. The first kappa shape index (κ1) is 13.3. The Morgan fingerprint density at radius 3 is 2.33 bits per heavy atom. The molecule has 0 bridgehead atoms. The van der Waals surface area contributed by atoms with E-state index in [2.05, 4.69) is 47.1 Å². The molecule has 0 spiro atoms. The van der Waals surface area contributed by atoms with Gasteiger partial charge in [0.15, 0.2) is 0 Å². The predicted molar refractivity (Wildman–Crippen MR) is 77.6 cm³/mol. The van der Waals surface area contributed by atoms with E-state index in [0.29, 0.717) is 5.56 Å². The van der Waals surface area contributed by atoms with E-state index in [9.17, 15) is 4.39 Å². The molecular formula is C16H16BrF. The molecule has 0 fully saturated rings. The second-order valence-corrected chi connectivity index (χ2v) is 5.29. The second-order valence-electron chi connectivity index (χ2n) is 4.38. The van der Waals surface area contributed by atoms with Crippen LogP contribution < -0.4 is 0 Å². The Balaban J connectivity index is 2.23. The Hall–Kier alpha value is -1.15. The molecule has 0 amide bonds. The first-order chi connectivity index (χ1) is 8.72. The van der Waals surface area contributed by atoms with E-state index in [4.69, 9.17) is 0 Å². The van der Waals surface area contributed by atoms with Crippen molar-refractivity contribution in [1.29, 1.82) is 0 Å². The minimum absolute atomic E-state index is 0.0885. The van der Waals surface area contributed by atoms with Crippen molar-refractivity contribution in [1.82, 2.24) is 0 Å². The SMILES string of the molecule is CCCc1ccc(C(Br)c2ccccc2F)cc1. The average Bonchev–Trinajstić information content (AvgIpc) is 2.40. The Labute approximate surface area is 116 Å². The van der Waals surface area contributed by atoms with E-state index < -0.39 is 0 Å². The number of hydrogen-bond donors (Lipinski definition) is 0. The zero-order valence-corrected chi connectivity index (χ0v) is 12.0. The lowest BCUT2D eigenvalue weighted by atomic mass is 10.0. The molecule has 0 nitrogen and oxygen atoms in total. The van der Waals surface area contributed by atoms with Gasteiger partial charge in [0, 0.05) is 5.56 Å². The maximum atomic E-state index is 13.7. The first-order valence-corrected chi connectivity index (χ1v) is 7.11. The molecule has 2 rings (SSSR count). The van der Waals surface area contributed by atoms with Crippen LogP contribution in [-0.4, -0.2) is 0 Å². The molecule has 2 aromatic carbocycles. The third-order valence-electron chi connectivity index (χ3n) is 2.99. The minimum atomic E-state index is -0.169. The van der Waals surface area contributed by atoms with Gasteiger partial charge in [-0.15, -0.1) is 0 Å². The summed E-state index contributed by atoms with van der Waals surface area (Å²) in [5.41, 5.74) is 3.09. The van der Waals surface area contributed by atoms with Crippen molar-refractivity contribution in [3.63, 3.8) is 0 Å². The highest BCUT2D eigenvalue weighted by Crippen LogP contribution is 2.32. The van der Waals surface area contributed by atoms with Crippen LogP contribution in [0.25, 0.3) is 0 Å². The predicted octanol–water partition coefficient (Wildman–Crippen LogP) is 5.26. The van der Waals surface area contributed by atoms with Crippen LogP contribution >= 0.6 is 15.9 Å². The van der Waals surface area contributed by atoms with Crippen LogP contribution in [0.15, 0.2) is 48.5 Å². The lowest BCUT2D eigenvalue weighted by molar-refractivity contribution is 0.613. The first-order valence-electron chi connectivity index (χ1n) is 6.19. The Morgan fingerprint density at radius 2 is 1.72 bits per heavy atom. The summed E-state index contributed by atoms with van der Waals surface area (Å²) < 4.78 is 13.7. The molecule has 94 valence electrons. The van der Waals surface area contributed by atoms with Gasteiger partial charge in [0.2, 0.25) is 0 Å². The topological polar surface area (TPSA) is 0 Å². The average molecular weight is 307 g/mol. The smallest absolute Gasteiger partial charge is 0.127 e. The van der Waals surface area contributed by atoms with E-state index in [1.165, 1.54) is 11.6 Å². The number of benzene rings is 2. The van der Waals surface area contributed by atoms with Gasteiger partial charge in [-0.3, -0.25) is 0 Å². The Morgan fingerprint density at radius 1 is 1.06 bits per heavy atom. The normalized spacial score (nSPS) is 12.4. The van der Waals surface area contributed by atoms with E-state index in [0.717, 1.165) is 18.4 Å². The summed E-state index contributed by atoms with van der Waals surface area (Å²) in [4.78, 5) is -0.0885. The molecule has 0 heterocycles. The summed E-state index contributed by atoms with van der Waals surface area (Å²) >= 11 is 3.57. The summed E-state index contributed by atoms with van der Waals surface area (Å²) in [6.45, 7) is 2.17. The van der Waals surface area contributed by atoms with Gasteiger partial charge in [-0.1, -0.05) is 71.7 Å². The third-order valence-corrected chi connectivity index (χ3v) is 4.01. The van der Waals surface area contributed by atoms with Gasteiger partial charge >= 0.3 is 0 Å². The summed E-state index contributed by atoms with van der Waals surface area (Å²) in [6.07, 6.45) is 2.23. The molecule has 0 aliphatic heterocycles. The van der Waals surface area contributed by atoms with E-state index in [1.54, 1.807) is 6.07 Å². The second kappa shape index (κ2) is 6.14. The highest BCUT2D eigenvalue weighted by molar-refractivity contribution is 9.09. The van der Waals surface area contributed by atoms with Gasteiger partial charge in [-0.2, -0.15) is 0 Å². The Kier molecular flexibility index (Phi) is 4.54. The largest absolute Gasteiger partial charge is 0.207 e. The van der Waals surface area contributed by atoms with Crippen molar-refractivity contribution < 1.29 is 4.39 Å².